The van der Waals surface area contributed by atoms with Crippen molar-refractivity contribution in [1.29, 1.82) is 0 Å². The molecule has 3 heteroatoms. The molecule has 4 rings (SSSR count). The molecular weight excluding hydrogens is 348 g/mol. The summed E-state index contributed by atoms with van der Waals surface area (Å²) in [6.45, 7) is 7.01. The summed E-state index contributed by atoms with van der Waals surface area (Å²) in [5.74, 6) is 2.47. The van der Waals surface area contributed by atoms with Gasteiger partial charge in [0.05, 0.1) is 0 Å². The van der Waals surface area contributed by atoms with Gasteiger partial charge in [-0.3, -0.25) is 9.59 Å². The van der Waals surface area contributed by atoms with Gasteiger partial charge in [0.15, 0.2) is 5.78 Å². The average molecular weight is 387 g/mol. The molecule has 0 aromatic heterocycles. The van der Waals surface area contributed by atoms with Crippen molar-refractivity contribution in [2.75, 3.05) is 0 Å². The van der Waals surface area contributed by atoms with E-state index in [0.29, 0.717) is 24.0 Å². The second kappa shape index (κ2) is 7.61. The smallest absolute Gasteiger partial charge is 0.306 e. The summed E-state index contributed by atoms with van der Waals surface area (Å²) in [5, 5.41) is 0. The first-order chi connectivity index (χ1) is 13.4. The van der Waals surface area contributed by atoms with Gasteiger partial charge in [0.2, 0.25) is 0 Å². The summed E-state index contributed by atoms with van der Waals surface area (Å²) >= 11 is 0. The van der Waals surface area contributed by atoms with E-state index in [1.165, 1.54) is 31.3 Å². The van der Waals surface area contributed by atoms with Crippen molar-refractivity contribution >= 4 is 11.8 Å². The molecule has 3 nitrogen and oxygen atoms in total. The monoisotopic (exact) mass is 386 g/mol. The molecule has 3 fully saturated rings. The molecule has 0 bridgehead atoms. The van der Waals surface area contributed by atoms with Crippen LogP contribution in [0.1, 0.15) is 97.8 Å². The van der Waals surface area contributed by atoms with Crippen LogP contribution in [-0.4, -0.2) is 17.9 Å². The van der Waals surface area contributed by atoms with Crippen LogP contribution in [0.4, 0.5) is 0 Å². The van der Waals surface area contributed by atoms with Crippen molar-refractivity contribution < 1.29 is 14.3 Å². The number of hydrogen-bond acceptors (Lipinski definition) is 3. The number of esters is 1. The molecule has 6 unspecified atom stereocenters. The first-order valence-corrected chi connectivity index (χ1v) is 11.8. The molecule has 3 saturated carbocycles. The Bertz CT molecular complexity index is 665. The third kappa shape index (κ3) is 3.27. The molecule has 4 aliphatic rings. The van der Waals surface area contributed by atoms with Crippen LogP contribution in [0.3, 0.4) is 0 Å². The lowest BCUT2D eigenvalue weighted by Crippen LogP contribution is -2.51. The molecule has 0 heterocycles. The number of rotatable bonds is 5. The summed E-state index contributed by atoms with van der Waals surface area (Å²) in [5.41, 5.74) is 1.82. The van der Waals surface area contributed by atoms with Crippen LogP contribution in [0.2, 0.25) is 0 Å². The van der Waals surface area contributed by atoms with E-state index in [-0.39, 0.29) is 22.9 Å². The highest BCUT2D eigenvalue weighted by molar-refractivity contribution is 5.91. The predicted molar refractivity (Wildman–Crippen MR) is 111 cm³/mol. The number of carbonyl (C=O) groups excluding carboxylic acids is 2. The molecule has 0 N–H and O–H groups in total. The molecule has 6 atom stereocenters. The Hall–Kier alpha value is -1.12. The highest BCUT2D eigenvalue weighted by Gasteiger charge is 2.59. The van der Waals surface area contributed by atoms with E-state index in [1.807, 2.05) is 6.08 Å². The highest BCUT2D eigenvalue weighted by Crippen LogP contribution is 2.65. The minimum absolute atomic E-state index is 0.0223. The third-order valence-electron chi connectivity index (χ3n) is 9.13. The van der Waals surface area contributed by atoms with E-state index in [2.05, 4.69) is 20.8 Å². The Morgan fingerprint density at radius 1 is 1.07 bits per heavy atom. The van der Waals surface area contributed by atoms with E-state index in [4.69, 9.17) is 4.74 Å². The largest absolute Gasteiger partial charge is 0.462 e. The lowest BCUT2D eigenvalue weighted by atomic mass is 9.47. The fraction of sp³-hybridized carbons (Fsp3) is 0.840. The Kier molecular flexibility index (Phi) is 5.48. The van der Waals surface area contributed by atoms with Gasteiger partial charge >= 0.3 is 5.97 Å². The van der Waals surface area contributed by atoms with Gasteiger partial charge in [0.25, 0.3) is 0 Å². The van der Waals surface area contributed by atoms with Crippen molar-refractivity contribution in [2.45, 2.75) is 104 Å². The molecule has 156 valence electrons. The molecule has 0 saturated heterocycles. The first kappa shape index (κ1) is 20.2. The van der Waals surface area contributed by atoms with Crippen LogP contribution >= 0.6 is 0 Å². The number of ether oxygens (including phenoxy) is 1. The quantitative estimate of drug-likeness (QED) is 0.429. The van der Waals surface area contributed by atoms with Crippen molar-refractivity contribution in [1.82, 2.24) is 0 Å². The first-order valence-electron chi connectivity index (χ1n) is 11.8. The van der Waals surface area contributed by atoms with E-state index in [0.717, 1.165) is 50.9 Å². The second-order valence-corrected chi connectivity index (χ2v) is 10.5. The molecule has 0 aliphatic heterocycles. The topological polar surface area (TPSA) is 43.4 Å². The van der Waals surface area contributed by atoms with Gasteiger partial charge in [-0.15, -0.1) is 0 Å². The van der Waals surface area contributed by atoms with E-state index < -0.39 is 0 Å². The Balaban J connectivity index is 1.47. The third-order valence-corrected chi connectivity index (χ3v) is 9.13. The molecule has 0 spiro atoms. The zero-order valence-corrected chi connectivity index (χ0v) is 18.1. The summed E-state index contributed by atoms with van der Waals surface area (Å²) < 4.78 is 6.06. The lowest BCUT2D eigenvalue weighted by molar-refractivity contribution is -0.160. The van der Waals surface area contributed by atoms with Crippen LogP contribution in [0.5, 0.6) is 0 Å². The normalized spacial score (nSPS) is 42.2. The van der Waals surface area contributed by atoms with Crippen molar-refractivity contribution in [2.24, 2.45) is 28.6 Å². The van der Waals surface area contributed by atoms with Crippen LogP contribution in [0.25, 0.3) is 0 Å². The van der Waals surface area contributed by atoms with Gasteiger partial charge in [-0.2, -0.15) is 0 Å². The van der Waals surface area contributed by atoms with Crippen LogP contribution < -0.4 is 0 Å². The minimum Gasteiger partial charge on any atom is -0.462 e. The molecule has 0 radical (unpaired) electrons. The number of fused-ring (bicyclic) bond motifs is 5. The van der Waals surface area contributed by atoms with Crippen molar-refractivity contribution in [3.63, 3.8) is 0 Å². The fourth-order valence-corrected chi connectivity index (χ4v) is 7.44. The van der Waals surface area contributed by atoms with E-state index in [1.54, 1.807) is 0 Å². The summed E-state index contributed by atoms with van der Waals surface area (Å²) in [7, 11) is 0. The SMILES string of the molecule is CCCCCC(=O)OC1CCC2C3CCC4=CC(=O)CCC4(C)C3CCC12C. The zero-order valence-electron chi connectivity index (χ0n) is 18.1. The molecular formula is C25H38O3. The highest BCUT2D eigenvalue weighted by atomic mass is 16.5. The summed E-state index contributed by atoms with van der Waals surface area (Å²) in [4.78, 5) is 24.4. The van der Waals surface area contributed by atoms with E-state index in [9.17, 15) is 9.59 Å². The van der Waals surface area contributed by atoms with Crippen molar-refractivity contribution in [3.05, 3.63) is 11.6 Å². The van der Waals surface area contributed by atoms with Gasteiger partial charge in [-0.1, -0.05) is 39.2 Å². The molecule has 0 aromatic rings. The van der Waals surface area contributed by atoms with Gasteiger partial charge in [0.1, 0.15) is 6.10 Å². The van der Waals surface area contributed by atoms with Gasteiger partial charge in [0, 0.05) is 18.3 Å². The number of unbranched alkanes of at least 4 members (excludes halogenated alkanes) is 2. The number of ketones is 1. The maximum atomic E-state index is 12.4. The molecule has 4 aliphatic carbocycles. The maximum absolute atomic E-state index is 12.4. The minimum atomic E-state index is 0.0223. The fourth-order valence-electron chi connectivity index (χ4n) is 7.44. The second-order valence-electron chi connectivity index (χ2n) is 10.5. The van der Waals surface area contributed by atoms with Gasteiger partial charge < -0.3 is 4.74 Å². The number of carbonyl (C=O) groups is 2. The number of allylic oxidation sites excluding steroid dienone is 1. The standard InChI is InChI=1S/C25H38O3/c1-4-5-6-7-23(27)28-22-11-10-20-19-9-8-17-16-18(26)12-14-24(17,2)21(19)13-15-25(20,22)3/h16,19-22H,4-15H2,1-3H3. The Morgan fingerprint density at radius 2 is 1.89 bits per heavy atom. The molecule has 28 heavy (non-hydrogen) atoms. The Morgan fingerprint density at radius 3 is 2.68 bits per heavy atom. The Labute approximate surface area is 170 Å². The van der Waals surface area contributed by atoms with Crippen LogP contribution in [0, 0.1) is 28.6 Å². The lowest BCUT2D eigenvalue weighted by Gasteiger charge is -2.57. The number of hydrogen-bond donors (Lipinski definition) is 0. The zero-order chi connectivity index (χ0) is 19.9. The van der Waals surface area contributed by atoms with Crippen LogP contribution in [0.15, 0.2) is 11.6 Å². The molecule has 0 aromatic carbocycles. The summed E-state index contributed by atoms with van der Waals surface area (Å²) in [6, 6.07) is 0. The molecule has 0 amide bonds. The van der Waals surface area contributed by atoms with Crippen LogP contribution in [-0.2, 0) is 14.3 Å². The maximum Gasteiger partial charge on any atom is 0.306 e. The van der Waals surface area contributed by atoms with E-state index >= 15 is 0 Å². The summed E-state index contributed by atoms with van der Waals surface area (Å²) in [6.07, 6.45) is 14.6. The van der Waals surface area contributed by atoms with Crippen molar-refractivity contribution in [3.8, 4) is 0 Å². The van der Waals surface area contributed by atoms with Gasteiger partial charge in [-0.05, 0) is 80.6 Å². The average Bonchev–Trinajstić information content (AvgIpc) is 2.99. The predicted octanol–water partition coefficient (Wildman–Crippen LogP) is 6.01. The van der Waals surface area contributed by atoms with Gasteiger partial charge in [-0.25, -0.2) is 0 Å².